The zero-order valence-electron chi connectivity index (χ0n) is 21.4. The molecule has 35 heavy (non-hydrogen) atoms. The fourth-order valence-corrected chi connectivity index (χ4v) is 3.95. The van der Waals surface area contributed by atoms with Gasteiger partial charge in [0.15, 0.2) is 0 Å². The molecular formula is C30H34KN3O-2. The number of carbonyl (C=O) groups excluding carboxylic acids is 1. The van der Waals surface area contributed by atoms with Crippen LogP contribution in [-0.4, -0.2) is 21.5 Å². The molecule has 2 aromatic heterocycles. The zero-order valence-corrected chi connectivity index (χ0v) is 24.5. The van der Waals surface area contributed by atoms with E-state index in [2.05, 4.69) is 67.2 Å². The molecule has 0 fully saturated rings. The van der Waals surface area contributed by atoms with Gasteiger partial charge in [-0.05, 0) is 61.6 Å². The molecule has 0 bridgehead atoms. The van der Waals surface area contributed by atoms with E-state index < -0.39 is 0 Å². The standard InChI is InChI=1S/C25H24N3O.C5H10.K/c1-17-5-3-7-20(10-8-18(17)2)25-23(16-27-28-25)21-12-13-26-24-11-9-19(6-4-14-29)15-22(21)24;1-3-5-4-2;/h3,5,7,9,11-13,15-16H,4,6,8,10H2,1-2H3,(H,27,28);1-5H2;/q-1;-2;+1/b5-3-,18-17+,20-7+;;. The first-order valence-electron chi connectivity index (χ1n) is 12.0. The summed E-state index contributed by atoms with van der Waals surface area (Å²) >= 11 is 0. The van der Waals surface area contributed by atoms with Crippen LogP contribution < -0.4 is 51.4 Å². The van der Waals surface area contributed by atoms with Gasteiger partial charge in [0.2, 0.25) is 0 Å². The Labute approximate surface area is 252 Å². The van der Waals surface area contributed by atoms with E-state index in [1.54, 1.807) is 0 Å². The van der Waals surface area contributed by atoms with Crippen molar-refractivity contribution in [2.75, 3.05) is 0 Å². The number of aromatic amines is 1. The topological polar surface area (TPSA) is 58.6 Å². The van der Waals surface area contributed by atoms with Crippen LogP contribution in [0.25, 0.3) is 27.6 Å². The molecule has 1 N–H and O–H groups in total. The Morgan fingerprint density at radius 1 is 1.09 bits per heavy atom. The van der Waals surface area contributed by atoms with E-state index in [1.807, 2.05) is 36.9 Å². The maximum atomic E-state index is 10.6. The summed E-state index contributed by atoms with van der Waals surface area (Å²) in [4.78, 5) is 15.2. The monoisotopic (exact) mass is 491 g/mol. The molecule has 0 radical (unpaired) electrons. The third kappa shape index (κ3) is 8.19. The number of H-pyrrole nitrogens is 1. The van der Waals surface area contributed by atoms with E-state index in [4.69, 9.17) is 0 Å². The van der Waals surface area contributed by atoms with Crippen molar-refractivity contribution in [2.45, 2.75) is 58.8 Å². The van der Waals surface area contributed by atoms with Crippen molar-refractivity contribution < 1.29 is 56.2 Å². The van der Waals surface area contributed by atoms with Crippen molar-refractivity contribution in [3.63, 3.8) is 0 Å². The molecule has 0 aliphatic heterocycles. The molecule has 4 rings (SSSR count). The van der Waals surface area contributed by atoms with Gasteiger partial charge in [-0.1, -0.05) is 41.9 Å². The molecule has 0 unspecified atom stereocenters. The number of allylic oxidation sites excluding steroid dienone is 6. The first-order chi connectivity index (χ1) is 16.6. The maximum absolute atomic E-state index is 10.6. The van der Waals surface area contributed by atoms with Gasteiger partial charge in [0.25, 0.3) is 0 Å². The molecule has 4 nitrogen and oxygen atoms in total. The number of nitrogens with zero attached hydrogens (tertiary/aromatic N) is 2. The van der Waals surface area contributed by atoms with Gasteiger partial charge in [0, 0.05) is 17.1 Å². The van der Waals surface area contributed by atoms with Gasteiger partial charge >= 0.3 is 51.4 Å². The van der Waals surface area contributed by atoms with Crippen molar-refractivity contribution in [2.24, 2.45) is 0 Å². The van der Waals surface area contributed by atoms with E-state index >= 15 is 0 Å². The van der Waals surface area contributed by atoms with Crippen LogP contribution in [-0.2, 0) is 11.2 Å². The number of fused-ring (bicyclic) bond motifs is 1. The molecule has 0 amide bonds. The SMILES string of the molecule is CC1=C(/C)CC\C(c2[nH]ncc2-c2ccnc3ccc(CC[C-]=O)cc23)=C/C=C\1.[CH2-]CCC[CH2-].[K+]. The molecule has 0 saturated heterocycles. The number of nitrogens with one attached hydrogen (secondary N) is 1. The summed E-state index contributed by atoms with van der Waals surface area (Å²) in [6.07, 6.45) is 18.5. The summed E-state index contributed by atoms with van der Waals surface area (Å²) in [6.45, 7) is 11.6. The molecule has 0 saturated carbocycles. The second-order valence-electron chi connectivity index (χ2n) is 8.59. The van der Waals surface area contributed by atoms with E-state index in [1.165, 1.54) is 23.1 Å². The Morgan fingerprint density at radius 3 is 2.60 bits per heavy atom. The minimum absolute atomic E-state index is 0. The molecular weight excluding hydrogens is 457 g/mol. The normalized spacial score (nSPS) is 17.8. The molecule has 2 heterocycles. The maximum Gasteiger partial charge on any atom is 1.00 e. The van der Waals surface area contributed by atoms with E-state index in [0.717, 1.165) is 59.0 Å². The summed E-state index contributed by atoms with van der Waals surface area (Å²) in [5, 5.41) is 8.67. The Balaban J connectivity index is 0.000000656. The smallest absolute Gasteiger partial charge is 0.542 e. The van der Waals surface area contributed by atoms with Gasteiger partial charge in [-0.2, -0.15) is 17.9 Å². The van der Waals surface area contributed by atoms with Crippen LogP contribution in [0.2, 0.25) is 0 Å². The van der Waals surface area contributed by atoms with Crippen molar-refractivity contribution in [3.8, 4) is 11.1 Å². The third-order valence-corrected chi connectivity index (χ3v) is 6.16. The van der Waals surface area contributed by atoms with Crippen LogP contribution in [0.1, 0.15) is 63.6 Å². The second kappa shape index (κ2) is 15.5. The number of pyridine rings is 1. The van der Waals surface area contributed by atoms with Crippen LogP contribution >= 0.6 is 0 Å². The van der Waals surface area contributed by atoms with Crippen LogP contribution in [0.4, 0.5) is 0 Å². The Morgan fingerprint density at radius 2 is 1.89 bits per heavy atom. The fourth-order valence-electron chi connectivity index (χ4n) is 3.95. The predicted molar refractivity (Wildman–Crippen MR) is 143 cm³/mol. The first-order valence-corrected chi connectivity index (χ1v) is 12.0. The third-order valence-electron chi connectivity index (χ3n) is 6.16. The van der Waals surface area contributed by atoms with E-state index in [-0.39, 0.29) is 51.4 Å². The van der Waals surface area contributed by atoms with Gasteiger partial charge in [0.05, 0.1) is 17.4 Å². The molecule has 1 aromatic carbocycles. The summed E-state index contributed by atoms with van der Waals surface area (Å²) in [7, 11) is 0. The predicted octanol–water partition coefficient (Wildman–Crippen LogP) is 4.57. The second-order valence-corrected chi connectivity index (χ2v) is 8.59. The molecule has 1 aliphatic carbocycles. The summed E-state index contributed by atoms with van der Waals surface area (Å²) in [5.41, 5.74) is 9.29. The minimum atomic E-state index is 0. The zero-order chi connectivity index (χ0) is 24.3. The van der Waals surface area contributed by atoms with Gasteiger partial charge in [-0.25, -0.2) is 0 Å². The van der Waals surface area contributed by atoms with Crippen molar-refractivity contribution >= 4 is 22.8 Å². The number of hydrogen-bond donors (Lipinski definition) is 1. The average molecular weight is 492 g/mol. The molecule has 0 atom stereocenters. The van der Waals surface area contributed by atoms with Crippen LogP contribution in [0.3, 0.4) is 0 Å². The van der Waals surface area contributed by atoms with Crippen LogP contribution in [0.5, 0.6) is 0 Å². The van der Waals surface area contributed by atoms with Crippen molar-refractivity contribution in [1.29, 1.82) is 0 Å². The van der Waals surface area contributed by atoms with Crippen molar-refractivity contribution in [1.82, 2.24) is 15.2 Å². The Kier molecular flexibility index (Phi) is 13.1. The first kappa shape index (κ1) is 29.6. The number of aromatic nitrogens is 3. The molecule has 3 aromatic rings. The van der Waals surface area contributed by atoms with Gasteiger partial charge < -0.3 is 18.6 Å². The van der Waals surface area contributed by atoms with Gasteiger partial charge in [0.1, 0.15) is 0 Å². The number of rotatable bonds is 7. The fraction of sp³-hybridized carbons (Fsp3) is 0.300. The number of aryl methyl sites for hydroxylation is 1. The van der Waals surface area contributed by atoms with Crippen molar-refractivity contribution in [3.05, 3.63) is 91.1 Å². The van der Waals surface area contributed by atoms with Gasteiger partial charge in [-0.15, -0.1) is 12.8 Å². The molecule has 5 heteroatoms. The quantitative estimate of drug-likeness (QED) is 0.389. The van der Waals surface area contributed by atoms with Gasteiger partial charge in [-0.3, -0.25) is 16.4 Å². The molecule has 1 aliphatic rings. The summed E-state index contributed by atoms with van der Waals surface area (Å²) in [6, 6.07) is 8.23. The number of benzene rings is 1. The van der Waals surface area contributed by atoms with E-state index in [9.17, 15) is 4.79 Å². The Hall–Kier alpha value is -1.63. The average Bonchev–Trinajstić information content (AvgIpc) is 3.33. The van der Waals surface area contributed by atoms with E-state index in [0.29, 0.717) is 12.8 Å². The largest absolute Gasteiger partial charge is 1.00 e. The Bertz CT molecular complexity index is 1200. The van der Waals surface area contributed by atoms with Crippen LogP contribution in [0, 0.1) is 13.8 Å². The summed E-state index contributed by atoms with van der Waals surface area (Å²) in [5.74, 6) is 0. The van der Waals surface area contributed by atoms with Crippen LogP contribution in [0.15, 0.2) is 66.0 Å². The summed E-state index contributed by atoms with van der Waals surface area (Å²) < 4.78 is 0. The molecule has 178 valence electrons. The minimum Gasteiger partial charge on any atom is -0.542 e. The number of unbranched alkanes of at least 4 members (excludes halogenated alkanes) is 2. The molecule has 0 spiro atoms. The number of hydrogen-bond acceptors (Lipinski definition) is 3.